The second-order valence-electron chi connectivity index (χ2n) is 6.14. The van der Waals surface area contributed by atoms with E-state index in [0.717, 1.165) is 22.4 Å². The third-order valence-electron chi connectivity index (χ3n) is 4.58. The number of fused-ring (bicyclic) bond motifs is 1. The van der Waals surface area contributed by atoms with Gasteiger partial charge < -0.3 is 15.2 Å². The van der Waals surface area contributed by atoms with Crippen molar-refractivity contribution in [3.63, 3.8) is 0 Å². The van der Waals surface area contributed by atoms with Gasteiger partial charge in [-0.15, -0.1) is 0 Å². The molecule has 1 aliphatic rings. The van der Waals surface area contributed by atoms with Gasteiger partial charge in [0.05, 0.1) is 12.7 Å². The topological polar surface area (TPSA) is 102 Å². The number of ether oxygens (including phenoxy) is 1. The summed E-state index contributed by atoms with van der Waals surface area (Å²) >= 11 is 0. The number of hydrogen-bond donors (Lipinski definition) is 2. The highest BCUT2D eigenvalue weighted by molar-refractivity contribution is 5.91. The molecule has 0 radical (unpaired) electrons. The number of benzene rings is 2. The summed E-state index contributed by atoms with van der Waals surface area (Å²) in [5, 5.41) is 24.5. The Balaban J connectivity index is 1.95. The van der Waals surface area contributed by atoms with Gasteiger partial charge in [-0.1, -0.05) is 41.5 Å². The number of carboxylic acids is 1. The largest absolute Gasteiger partial charge is 0.497 e. The predicted molar refractivity (Wildman–Crippen MR) is 98.3 cm³/mol. The van der Waals surface area contributed by atoms with Crippen LogP contribution in [-0.2, 0) is 4.79 Å². The van der Waals surface area contributed by atoms with Crippen LogP contribution in [0, 0.1) is 0 Å². The lowest BCUT2D eigenvalue weighted by Crippen LogP contribution is -2.29. The molecule has 0 amide bonds. The molecule has 0 spiro atoms. The molecule has 8 heteroatoms. The normalized spacial score (nSPS) is 15.9. The second-order valence-corrected chi connectivity index (χ2v) is 6.14. The Labute approximate surface area is 155 Å². The highest BCUT2D eigenvalue weighted by Crippen LogP contribution is 2.39. The molecule has 0 bridgehead atoms. The smallest absolute Gasteiger partial charge is 0.335 e. The molecule has 3 aromatic rings. The Morgan fingerprint density at radius 2 is 2.04 bits per heavy atom. The number of nitrogens with zero attached hydrogens (tertiary/aromatic N) is 4. The van der Waals surface area contributed by atoms with Gasteiger partial charge in [-0.05, 0) is 46.2 Å². The molecule has 1 atom stereocenters. The van der Waals surface area contributed by atoms with Gasteiger partial charge in [-0.3, -0.25) is 0 Å². The second kappa shape index (κ2) is 6.56. The Bertz CT molecular complexity index is 1060. The van der Waals surface area contributed by atoms with Crippen molar-refractivity contribution in [2.24, 2.45) is 0 Å². The molecule has 2 N–H and O–H groups in total. The number of tetrazole rings is 1. The number of hydrogen-bond acceptors (Lipinski definition) is 6. The number of carboxylic acid groups (broad SMARTS) is 1. The van der Waals surface area contributed by atoms with Crippen LogP contribution in [0.3, 0.4) is 0 Å². The zero-order valence-electron chi connectivity index (χ0n) is 14.7. The van der Waals surface area contributed by atoms with E-state index in [2.05, 4.69) is 20.8 Å². The highest BCUT2D eigenvalue weighted by atomic mass is 16.5. The zero-order valence-corrected chi connectivity index (χ0v) is 14.7. The van der Waals surface area contributed by atoms with Crippen molar-refractivity contribution in [2.45, 2.75) is 13.0 Å². The minimum Gasteiger partial charge on any atom is -0.497 e. The number of nitrogens with one attached hydrogen (secondary N) is 1. The predicted octanol–water partition coefficient (Wildman–Crippen LogP) is 2.72. The lowest BCUT2D eigenvalue weighted by Gasteiger charge is -2.27. The van der Waals surface area contributed by atoms with Gasteiger partial charge in [0.25, 0.3) is 0 Å². The van der Waals surface area contributed by atoms with Crippen LogP contribution in [0.5, 0.6) is 5.75 Å². The minimum atomic E-state index is -1.02. The fourth-order valence-electron chi connectivity index (χ4n) is 3.37. The summed E-state index contributed by atoms with van der Waals surface area (Å²) in [5.74, 6) is 0.107. The van der Waals surface area contributed by atoms with Gasteiger partial charge in [-0.25, -0.2) is 4.79 Å². The van der Waals surface area contributed by atoms with Gasteiger partial charge in [0.15, 0.2) is 0 Å². The Kier molecular flexibility index (Phi) is 4.08. The molecule has 4 rings (SSSR count). The third kappa shape index (κ3) is 2.80. The van der Waals surface area contributed by atoms with Crippen molar-refractivity contribution in [1.29, 1.82) is 0 Å². The quantitative estimate of drug-likeness (QED) is 0.735. The number of rotatable bonds is 4. The number of anilines is 1. The number of aromatic nitrogens is 4. The fraction of sp³-hybridized carbons (Fsp3) is 0.158. The summed E-state index contributed by atoms with van der Waals surface area (Å²) < 4.78 is 6.83. The first-order valence-corrected chi connectivity index (χ1v) is 8.32. The molecule has 1 aliphatic heterocycles. The number of carbonyl (C=O) groups is 1. The van der Waals surface area contributed by atoms with Crippen molar-refractivity contribution in [2.75, 3.05) is 12.4 Å². The Morgan fingerprint density at radius 3 is 2.81 bits per heavy atom. The maximum atomic E-state index is 12.0. The van der Waals surface area contributed by atoms with Crippen molar-refractivity contribution in [1.82, 2.24) is 20.2 Å². The van der Waals surface area contributed by atoms with E-state index in [9.17, 15) is 9.90 Å². The average Bonchev–Trinajstić information content (AvgIpc) is 3.14. The van der Waals surface area contributed by atoms with Crippen LogP contribution in [0.15, 0.2) is 59.8 Å². The molecule has 0 saturated carbocycles. The molecule has 8 nitrogen and oxygen atoms in total. The summed E-state index contributed by atoms with van der Waals surface area (Å²) in [6.07, 6.45) is 0. The summed E-state index contributed by atoms with van der Waals surface area (Å²) in [6, 6.07) is 14.6. The number of methoxy groups -OCH3 is 1. The molecular formula is C19H17N5O3. The van der Waals surface area contributed by atoms with Gasteiger partial charge >= 0.3 is 5.97 Å². The first-order valence-electron chi connectivity index (χ1n) is 8.32. The van der Waals surface area contributed by atoms with Crippen LogP contribution in [-0.4, -0.2) is 38.4 Å². The summed E-state index contributed by atoms with van der Waals surface area (Å²) in [4.78, 5) is 12.0. The molecular weight excluding hydrogens is 346 g/mol. The molecule has 1 unspecified atom stereocenters. The Hall–Kier alpha value is -3.68. The standard InChI is InChI=1S/C19H17N5O3/c1-11-16(18(25)26)17(24-19(20-11)21-22-23-24)15-9-4-3-8-14(15)12-6-5-7-13(10-12)27-2/h3-10,17H,1-2H3,(H,25,26)(H,20,21,23). The summed E-state index contributed by atoms with van der Waals surface area (Å²) in [5.41, 5.74) is 3.30. The minimum absolute atomic E-state index is 0.199. The van der Waals surface area contributed by atoms with Gasteiger partial charge in [-0.2, -0.15) is 4.68 Å². The molecule has 0 fully saturated rings. The van der Waals surface area contributed by atoms with Gasteiger partial charge in [0, 0.05) is 5.70 Å². The number of allylic oxidation sites excluding steroid dienone is 1. The van der Waals surface area contributed by atoms with E-state index in [1.165, 1.54) is 4.68 Å². The molecule has 1 aromatic heterocycles. The van der Waals surface area contributed by atoms with E-state index >= 15 is 0 Å². The molecule has 0 aliphatic carbocycles. The number of aliphatic carboxylic acids is 1. The monoisotopic (exact) mass is 363 g/mol. The molecule has 2 heterocycles. The molecule has 27 heavy (non-hydrogen) atoms. The van der Waals surface area contributed by atoms with Crippen molar-refractivity contribution in [3.05, 3.63) is 65.4 Å². The molecule has 2 aromatic carbocycles. The van der Waals surface area contributed by atoms with Gasteiger partial charge in [0.1, 0.15) is 11.8 Å². The Morgan fingerprint density at radius 1 is 1.22 bits per heavy atom. The molecule has 0 saturated heterocycles. The van der Waals surface area contributed by atoms with Crippen molar-refractivity contribution < 1.29 is 14.6 Å². The zero-order chi connectivity index (χ0) is 19.0. The van der Waals surface area contributed by atoms with Crippen molar-refractivity contribution in [3.8, 4) is 16.9 Å². The maximum Gasteiger partial charge on any atom is 0.335 e. The SMILES string of the molecule is COc1cccc(-c2ccccc2C2C(C(=O)O)=C(C)Nc3nnnn32)c1. The first kappa shape index (κ1) is 16.8. The van der Waals surface area contributed by atoms with Crippen LogP contribution in [0.2, 0.25) is 0 Å². The van der Waals surface area contributed by atoms with Crippen LogP contribution < -0.4 is 10.1 Å². The maximum absolute atomic E-state index is 12.0. The van der Waals surface area contributed by atoms with Crippen molar-refractivity contribution >= 4 is 11.9 Å². The van der Waals surface area contributed by atoms with E-state index in [4.69, 9.17) is 4.74 Å². The first-order chi connectivity index (χ1) is 13.1. The van der Waals surface area contributed by atoms with Crippen LogP contribution >= 0.6 is 0 Å². The van der Waals surface area contributed by atoms with E-state index in [1.807, 2.05) is 48.5 Å². The summed E-state index contributed by atoms with van der Waals surface area (Å²) in [7, 11) is 1.61. The van der Waals surface area contributed by atoms with Crippen LogP contribution in [0.25, 0.3) is 11.1 Å². The highest BCUT2D eigenvalue weighted by Gasteiger charge is 2.35. The fourth-order valence-corrected chi connectivity index (χ4v) is 3.37. The van der Waals surface area contributed by atoms with E-state index < -0.39 is 12.0 Å². The summed E-state index contributed by atoms with van der Waals surface area (Å²) in [6.45, 7) is 1.71. The van der Waals surface area contributed by atoms with Crippen LogP contribution in [0.4, 0.5) is 5.95 Å². The van der Waals surface area contributed by atoms with Crippen LogP contribution in [0.1, 0.15) is 18.5 Å². The average molecular weight is 363 g/mol. The molecule has 136 valence electrons. The van der Waals surface area contributed by atoms with E-state index in [-0.39, 0.29) is 5.57 Å². The van der Waals surface area contributed by atoms with E-state index in [1.54, 1.807) is 14.0 Å². The lowest BCUT2D eigenvalue weighted by atomic mass is 9.89. The lowest BCUT2D eigenvalue weighted by molar-refractivity contribution is -0.133. The van der Waals surface area contributed by atoms with E-state index in [0.29, 0.717) is 11.6 Å². The van der Waals surface area contributed by atoms with Gasteiger partial charge in [0.2, 0.25) is 5.95 Å². The third-order valence-corrected chi connectivity index (χ3v) is 4.58.